The highest BCUT2D eigenvalue weighted by Gasteiger charge is 2.25. The zero-order chi connectivity index (χ0) is 19.4. The normalized spacial score (nSPS) is 26.4. The third kappa shape index (κ3) is 6.24. The van der Waals surface area contributed by atoms with E-state index in [2.05, 4.69) is 58.1 Å². The summed E-state index contributed by atoms with van der Waals surface area (Å²) in [6, 6.07) is 10.2. The monoisotopic (exact) mass is 376 g/mol. The van der Waals surface area contributed by atoms with Gasteiger partial charge in [0.25, 0.3) is 0 Å². The van der Waals surface area contributed by atoms with Crippen LogP contribution in [0.2, 0.25) is 0 Å². The van der Waals surface area contributed by atoms with Crippen LogP contribution in [0.15, 0.2) is 24.3 Å². The summed E-state index contributed by atoms with van der Waals surface area (Å²) in [4.78, 5) is 7.35. The Bertz CT molecular complexity index is 582. The van der Waals surface area contributed by atoms with Crippen molar-refractivity contribution in [2.24, 2.45) is 0 Å². The summed E-state index contributed by atoms with van der Waals surface area (Å²) in [6.07, 6.45) is 0. The highest BCUT2D eigenvalue weighted by atomic mass is 19.1. The van der Waals surface area contributed by atoms with Gasteiger partial charge in [0, 0.05) is 71.0 Å². The Morgan fingerprint density at radius 3 is 2.11 bits per heavy atom. The standard InChI is InChI=1S/C22H37FN4/c1-18-13-24-14-19(2)27(18)16-21-7-5-6-20(12-21)15-25-8-10-26(11-9-25)17-22(3,4)23/h5-7,12,18-19,24H,8-11,13-17H2,1-4H3/t18-,19?/m0/s1. The number of hydrogen-bond acceptors (Lipinski definition) is 4. The smallest absolute Gasteiger partial charge is 0.118 e. The number of hydrogen-bond donors (Lipinski definition) is 1. The lowest BCUT2D eigenvalue weighted by Crippen LogP contribution is -2.54. The molecule has 1 aromatic rings. The predicted octanol–water partition coefficient (Wildman–Crippen LogP) is 2.73. The molecule has 0 spiro atoms. The summed E-state index contributed by atoms with van der Waals surface area (Å²) in [5.41, 5.74) is 1.70. The highest BCUT2D eigenvalue weighted by Crippen LogP contribution is 2.18. The van der Waals surface area contributed by atoms with Gasteiger partial charge in [-0.1, -0.05) is 24.3 Å². The van der Waals surface area contributed by atoms with Crippen molar-refractivity contribution in [2.75, 3.05) is 45.8 Å². The Labute approximate surface area is 164 Å². The fourth-order valence-corrected chi connectivity index (χ4v) is 4.41. The average Bonchev–Trinajstić information content (AvgIpc) is 2.59. The van der Waals surface area contributed by atoms with Crippen LogP contribution in [-0.2, 0) is 13.1 Å². The van der Waals surface area contributed by atoms with Crippen molar-refractivity contribution in [2.45, 2.75) is 58.5 Å². The van der Waals surface area contributed by atoms with E-state index in [1.54, 1.807) is 13.8 Å². The lowest BCUT2D eigenvalue weighted by Gasteiger charge is -2.39. The van der Waals surface area contributed by atoms with Crippen LogP contribution in [0.5, 0.6) is 0 Å². The van der Waals surface area contributed by atoms with Crippen LogP contribution in [0.4, 0.5) is 4.39 Å². The minimum atomic E-state index is -1.10. The summed E-state index contributed by atoms with van der Waals surface area (Å²) in [6.45, 7) is 16.6. The molecule has 2 aliphatic heterocycles. The van der Waals surface area contributed by atoms with Crippen LogP contribution in [0.3, 0.4) is 0 Å². The van der Waals surface area contributed by atoms with Crippen molar-refractivity contribution < 1.29 is 4.39 Å². The third-order valence-electron chi connectivity index (χ3n) is 5.84. The van der Waals surface area contributed by atoms with E-state index in [1.165, 1.54) is 11.1 Å². The van der Waals surface area contributed by atoms with Crippen molar-refractivity contribution in [3.05, 3.63) is 35.4 Å². The van der Waals surface area contributed by atoms with Gasteiger partial charge in [0.1, 0.15) is 5.67 Å². The Hall–Kier alpha value is -1.01. The van der Waals surface area contributed by atoms with Crippen LogP contribution >= 0.6 is 0 Å². The first-order chi connectivity index (χ1) is 12.8. The molecule has 2 atom stereocenters. The molecule has 1 N–H and O–H groups in total. The van der Waals surface area contributed by atoms with Gasteiger partial charge in [-0.2, -0.15) is 0 Å². The van der Waals surface area contributed by atoms with E-state index in [0.29, 0.717) is 18.6 Å². The third-order valence-corrected chi connectivity index (χ3v) is 5.84. The van der Waals surface area contributed by atoms with Gasteiger partial charge in [0.05, 0.1) is 0 Å². The number of piperazine rings is 2. The minimum Gasteiger partial charge on any atom is -0.314 e. The van der Waals surface area contributed by atoms with Gasteiger partial charge >= 0.3 is 0 Å². The molecular weight excluding hydrogens is 339 g/mol. The van der Waals surface area contributed by atoms with Crippen molar-refractivity contribution >= 4 is 0 Å². The second-order valence-electron chi connectivity index (χ2n) is 9.12. The molecule has 2 saturated heterocycles. The zero-order valence-electron chi connectivity index (χ0n) is 17.5. The number of nitrogens with zero attached hydrogens (tertiary/aromatic N) is 3. The Morgan fingerprint density at radius 1 is 0.963 bits per heavy atom. The summed E-state index contributed by atoms with van der Waals surface area (Å²) < 4.78 is 13.8. The van der Waals surface area contributed by atoms with E-state index >= 15 is 0 Å². The summed E-state index contributed by atoms with van der Waals surface area (Å²) in [5.74, 6) is 0. The van der Waals surface area contributed by atoms with Gasteiger partial charge in [-0.05, 0) is 38.8 Å². The van der Waals surface area contributed by atoms with Crippen LogP contribution in [-0.4, -0.2) is 78.3 Å². The van der Waals surface area contributed by atoms with Gasteiger partial charge in [-0.15, -0.1) is 0 Å². The summed E-state index contributed by atoms with van der Waals surface area (Å²) in [5, 5.41) is 3.51. The molecule has 152 valence electrons. The highest BCUT2D eigenvalue weighted by molar-refractivity contribution is 5.24. The van der Waals surface area contributed by atoms with E-state index < -0.39 is 5.67 Å². The van der Waals surface area contributed by atoms with Gasteiger partial charge in [0.2, 0.25) is 0 Å². The number of benzene rings is 1. The van der Waals surface area contributed by atoms with Crippen LogP contribution in [0.25, 0.3) is 0 Å². The molecule has 0 radical (unpaired) electrons. The number of alkyl halides is 1. The van der Waals surface area contributed by atoms with Crippen molar-refractivity contribution in [3.63, 3.8) is 0 Å². The second kappa shape index (κ2) is 8.99. The molecule has 2 fully saturated rings. The molecule has 4 nitrogen and oxygen atoms in total. The molecule has 1 aromatic carbocycles. The van der Waals surface area contributed by atoms with E-state index in [1.807, 2.05) is 0 Å². The molecule has 1 unspecified atom stereocenters. The van der Waals surface area contributed by atoms with Crippen molar-refractivity contribution in [1.82, 2.24) is 20.0 Å². The van der Waals surface area contributed by atoms with Crippen LogP contribution in [0.1, 0.15) is 38.8 Å². The van der Waals surface area contributed by atoms with Gasteiger partial charge in [-0.25, -0.2) is 4.39 Å². The van der Waals surface area contributed by atoms with Crippen molar-refractivity contribution in [1.29, 1.82) is 0 Å². The SMILES string of the molecule is CC1CNC[C@H](C)N1Cc1cccc(CN2CCN(CC(C)(C)F)CC2)c1. The van der Waals surface area contributed by atoms with Gasteiger partial charge in [0.15, 0.2) is 0 Å². The molecule has 0 aromatic heterocycles. The summed E-state index contributed by atoms with van der Waals surface area (Å²) in [7, 11) is 0. The predicted molar refractivity (Wildman–Crippen MR) is 111 cm³/mol. The van der Waals surface area contributed by atoms with Gasteiger partial charge < -0.3 is 5.32 Å². The fraction of sp³-hybridized carbons (Fsp3) is 0.727. The first-order valence-corrected chi connectivity index (χ1v) is 10.5. The Morgan fingerprint density at radius 2 is 1.52 bits per heavy atom. The maximum atomic E-state index is 13.8. The first-order valence-electron chi connectivity index (χ1n) is 10.5. The van der Waals surface area contributed by atoms with Crippen LogP contribution in [0, 0.1) is 0 Å². The average molecular weight is 377 g/mol. The molecule has 3 rings (SSSR count). The number of nitrogens with one attached hydrogen (secondary N) is 1. The fourth-order valence-electron chi connectivity index (χ4n) is 4.41. The molecular formula is C22H37FN4. The molecule has 0 bridgehead atoms. The molecule has 0 aliphatic carbocycles. The minimum absolute atomic E-state index is 0.539. The number of rotatable bonds is 6. The van der Waals surface area contributed by atoms with Gasteiger partial charge in [-0.3, -0.25) is 14.7 Å². The second-order valence-corrected chi connectivity index (χ2v) is 9.12. The van der Waals surface area contributed by atoms with E-state index in [0.717, 1.165) is 52.4 Å². The number of halogens is 1. The quantitative estimate of drug-likeness (QED) is 0.824. The maximum Gasteiger partial charge on any atom is 0.118 e. The summed E-state index contributed by atoms with van der Waals surface area (Å²) >= 11 is 0. The van der Waals surface area contributed by atoms with Crippen molar-refractivity contribution in [3.8, 4) is 0 Å². The first kappa shape index (κ1) is 20.7. The Kier molecular flexibility index (Phi) is 6.90. The molecule has 0 amide bonds. The van der Waals surface area contributed by atoms with E-state index in [9.17, 15) is 4.39 Å². The molecule has 27 heavy (non-hydrogen) atoms. The molecule has 2 aliphatic rings. The van der Waals surface area contributed by atoms with E-state index in [4.69, 9.17) is 0 Å². The zero-order valence-corrected chi connectivity index (χ0v) is 17.5. The molecule has 5 heteroatoms. The molecule has 2 heterocycles. The molecule has 0 saturated carbocycles. The lowest BCUT2D eigenvalue weighted by atomic mass is 10.1. The van der Waals surface area contributed by atoms with Crippen LogP contribution < -0.4 is 5.32 Å². The largest absolute Gasteiger partial charge is 0.314 e. The maximum absolute atomic E-state index is 13.8. The lowest BCUT2D eigenvalue weighted by molar-refractivity contribution is 0.0732. The Balaban J connectivity index is 1.52. The topological polar surface area (TPSA) is 21.8 Å². The van der Waals surface area contributed by atoms with E-state index in [-0.39, 0.29) is 0 Å².